The van der Waals surface area contributed by atoms with Crippen LogP contribution in [0.2, 0.25) is 0 Å². The molecule has 1 fully saturated rings. The molecule has 1 saturated heterocycles. The Bertz CT molecular complexity index is 358. The molecular weight excluding hydrogens is 254 g/mol. The molecule has 3 N–H and O–H groups in total. The van der Waals surface area contributed by atoms with Crippen LogP contribution < -0.4 is 10.6 Å². The summed E-state index contributed by atoms with van der Waals surface area (Å²) in [4.78, 5) is 35.3. The molecule has 1 aliphatic rings. The minimum absolute atomic E-state index is 0.0143. The normalized spacial score (nSPS) is 19.1. The highest BCUT2D eigenvalue weighted by atomic mass is 16.5. The summed E-state index contributed by atoms with van der Waals surface area (Å²) in [6.07, 6.45) is 0. The van der Waals surface area contributed by atoms with Crippen molar-refractivity contribution in [1.82, 2.24) is 15.5 Å². The van der Waals surface area contributed by atoms with E-state index in [9.17, 15) is 14.4 Å². The molecule has 1 heterocycles. The van der Waals surface area contributed by atoms with Gasteiger partial charge in [-0.3, -0.25) is 4.79 Å². The van der Waals surface area contributed by atoms with Gasteiger partial charge in [0, 0.05) is 12.6 Å². The quantitative estimate of drug-likeness (QED) is 0.609. The summed E-state index contributed by atoms with van der Waals surface area (Å²) in [5.41, 5.74) is 0. The molecule has 0 aromatic rings. The molecule has 8 heteroatoms. The molecule has 0 spiro atoms. The van der Waals surface area contributed by atoms with E-state index >= 15 is 0 Å². The third-order valence-corrected chi connectivity index (χ3v) is 2.52. The lowest BCUT2D eigenvalue weighted by Crippen LogP contribution is -2.56. The molecule has 0 bridgehead atoms. The van der Waals surface area contributed by atoms with Crippen LogP contribution in [0, 0.1) is 0 Å². The fourth-order valence-corrected chi connectivity index (χ4v) is 1.68. The molecule has 1 atom stereocenters. The van der Waals surface area contributed by atoms with E-state index < -0.39 is 18.0 Å². The van der Waals surface area contributed by atoms with Gasteiger partial charge in [-0.2, -0.15) is 0 Å². The Labute approximate surface area is 111 Å². The number of nitrogens with zero attached hydrogens (tertiary/aromatic N) is 1. The van der Waals surface area contributed by atoms with Crippen LogP contribution in [0.15, 0.2) is 0 Å². The predicted octanol–water partition coefficient (Wildman–Crippen LogP) is -0.994. The number of carbonyl (C=O) groups is 3. The van der Waals surface area contributed by atoms with Crippen molar-refractivity contribution in [2.45, 2.75) is 25.9 Å². The molecule has 8 nitrogen and oxygen atoms in total. The van der Waals surface area contributed by atoms with Crippen molar-refractivity contribution in [3.05, 3.63) is 0 Å². The molecule has 0 saturated carbocycles. The highest BCUT2D eigenvalue weighted by molar-refractivity contribution is 5.86. The van der Waals surface area contributed by atoms with Crippen molar-refractivity contribution < 1.29 is 24.2 Å². The van der Waals surface area contributed by atoms with Crippen LogP contribution in [-0.2, 0) is 14.3 Å². The standard InChI is InChI=1S/C11H19N3O5/c1-7(2)13-9(15)5-12-11(18)14-3-4-19-6-8(14)10(16)17/h7-8H,3-6H2,1-2H3,(H,12,18)(H,13,15)(H,16,17). The van der Waals surface area contributed by atoms with Crippen molar-refractivity contribution in [2.24, 2.45) is 0 Å². The smallest absolute Gasteiger partial charge is 0.328 e. The van der Waals surface area contributed by atoms with Crippen LogP contribution >= 0.6 is 0 Å². The first-order valence-corrected chi connectivity index (χ1v) is 6.06. The summed E-state index contributed by atoms with van der Waals surface area (Å²) >= 11 is 0. The molecule has 3 amide bonds. The molecule has 1 unspecified atom stereocenters. The maximum atomic E-state index is 11.8. The van der Waals surface area contributed by atoms with Gasteiger partial charge in [-0.15, -0.1) is 0 Å². The van der Waals surface area contributed by atoms with Gasteiger partial charge >= 0.3 is 12.0 Å². The van der Waals surface area contributed by atoms with Crippen LogP contribution in [0.5, 0.6) is 0 Å². The van der Waals surface area contributed by atoms with Crippen LogP contribution in [0.3, 0.4) is 0 Å². The van der Waals surface area contributed by atoms with Crippen LogP contribution in [0.25, 0.3) is 0 Å². The van der Waals surface area contributed by atoms with E-state index in [-0.39, 0.29) is 38.3 Å². The van der Waals surface area contributed by atoms with Crippen LogP contribution in [0.4, 0.5) is 4.79 Å². The largest absolute Gasteiger partial charge is 0.480 e. The molecular formula is C11H19N3O5. The maximum Gasteiger partial charge on any atom is 0.328 e. The number of amides is 3. The van der Waals surface area contributed by atoms with E-state index in [1.807, 2.05) is 13.8 Å². The average Bonchev–Trinajstić information content (AvgIpc) is 2.35. The molecule has 19 heavy (non-hydrogen) atoms. The van der Waals surface area contributed by atoms with E-state index in [2.05, 4.69) is 10.6 Å². The lowest BCUT2D eigenvalue weighted by molar-refractivity contribution is -0.147. The van der Waals surface area contributed by atoms with Crippen molar-refractivity contribution in [3.63, 3.8) is 0 Å². The Morgan fingerprint density at radius 1 is 1.42 bits per heavy atom. The Balaban J connectivity index is 2.47. The number of aliphatic carboxylic acids is 1. The van der Waals surface area contributed by atoms with Crippen molar-refractivity contribution in [1.29, 1.82) is 0 Å². The molecule has 0 aliphatic carbocycles. The van der Waals surface area contributed by atoms with Gasteiger partial charge in [-0.05, 0) is 13.8 Å². The zero-order valence-corrected chi connectivity index (χ0v) is 11.0. The number of rotatable bonds is 4. The van der Waals surface area contributed by atoms with Gasteiger partial charge in [-0.25, -0.2) is 9.59 Å². The Kier molecular flexibility index (Phi) is 5.56. The average molecular weight is 273 g/mol. The number of carbonyl (C=O) groups excluding carboxylic acids is 2. The number of hydrogen-bond donors (Lipinski definition) is 3. The summed E-state index contributed by atoms with van der Waals surface area (Å²) < 4.78 is 5.02. The molecule has 0 aromatic carbocycles. The third kappa shape index (κ3) is 4.74. The summed E-state index contributed by atoms with van der Waals surface area (Å²) in [7, 11) is 0. The topological polar surface area (TPSA) is 108 Å². The van der Waals surface area contributed by atoms with E-state index in [1.165, 1.54) is 0 Å². The minimum Gasteiger partial charge on any atom is -0.480 e. The number of urea groups is 1. The minimum atomic E-state index is -1.12. The predicted molar refractivity (Wildman–Crippen MR) is 65.6 cm³/mol. The van der Waals surface area contributed by atoms with Gasteiger partial charge in [0.15, 0.2) is 6.04 Å². The fraction of sp³-hybridized carbons (Fsp3) is 0.727. The second-order valence-corrected chi connectivity index (χ2v) is 4.50. The summed E-state index contributed by atoms with van der Waals surface area (Å²) in [6, 6.07) is -1.60. The fourth-order valence-electron chi connectivity index (χ4n) is 1.68. The monoisotopic (exact) mass is 273 g/mol. The molecule has 1 aliphatic heterocycles. The van der Waals surface area contributed by atoms with Crippen molar-refractivity contribution in [3.8, 4) is 0 Å². The second-order valence-electron chi connectivity index (χ2n) is 4.50. The Hall–Kier alpha value is -1.83. The molecule has 1 rings (SSSR count). The third-order valence-electron chi connectivity index (χ3n) is 2.52. The first-order chi connectivity index (χ1) is 8.91. The maximum absolute atomic E-state index is 11.8. The molecule has 108 valence electrons. The number of morpholine rings is 1. The Morgan fingerprint density at radius 3 is 2.68 bits per heavy atom. The number of nitrogens with one attached hydrogen (secondary N) is 2. The Morgan fingerprint density at radius 2 is 2.11 bits per heavy atom. The van der Waals surface area contributed by atoms with Gasteiger partial charge in [0.1, 0.15) is 0 Å². The van der Waals surface area contributed by atoms with Gasteiger partial charge in [0.2, 0.25) is 5.91 Å². The summed E-state index contributed by atoms with van der Waals surface area (Å²) in [5.74, 6) is -1.44. The van der Waals surface area contributed by atoms with E-state index in [1.54, 1.807) is 0 Å². The zero-order valence-electron chi connectivity index (χ0n) is 11.0. The number of carboxylic acid groups (broad SMARTS) is 1. The van der Waals surface area contributed by atoms with E-state index in [0.29, 0.717) is 0 Å². The highest BCUT2D eigenvalue weighted by Gasteiger charge is 2.32. The molecule has 0 radical (unpaired) electrons. The van der Waals surface area contributed by atoms with E-state index in [0.717, 1.165) is 4.90 Å². The first kappa shape index (κ1) is 15.2. The first-order valence-electron chi connectivity index (χ1n) is 6.06. The van der Waals surface area contributed by atoms with Gasteiger partial charge in [0.25, 0.3) is 0 Å². The number of ether oxygens (including phenoxy) is 1. The second kappa shape index (κ2) is 6.93. The number of hydrogen-bond acceptors (Lipinski definition) is 4. The highest BCUT2D eigenvalue weighted by Crippen LogP contribution is 2.07. The van der Waals surface area contributed by atoms with Gasteiger partial charge in [-0.1, -0.05) is 0 Å². The van der Waals surface area contributed by atoms with E-state index in [4.69, 9.17) is 9.84 Å². The summed E-state index contributed by atoms with van der Waals surface area (Å²) in [5, 5.41) is 14.0. The van der Waals surface area contributed by atoms with Crippen molar-refractivity contribution in [2.75, 3.05) is 26.3 Å². The lowest BCUT2D eigenvalue weighted by atomic mass is 10.2. The lowest BCUT2D eigenvalue weighted by Gasteiger charge is -2.32. The zero-order chi connectivity index (χ0) is 14.4. The molecule has 0 aromatic heterocycles. The van der Waals surface area contributed by atoms with Crippen LogP contribution in [0.1, 0.15) is 13.8 Å². The SMILES string of the molecule is CC(C)NC(=O)CNC(=O)N1CCOCC1C(=O)O. The van der Waals surface area contributed by atoms with Crippen LogP contribution in [-0.4, -0.2) is 66.3 Å². The summed E-state index contributed by atoms with van der Waals surface area (Å²) in [6.45, 7) is 3.87. The number of carboxylic acids is 1. The van der Waals surface area contributed by atoms with Crippen molar-refractivity contribution >= 4 is 17.9 Å². The van der Waals surface area contributed by atoms with Gasteiger partial charge < -0.3 is 25.4 Å². The van der Waals surface area contributed by atoms with Gasteiger partial charge in [0.05, 0.1) is 19.8 Å².